The van der Waals surface area contributed by atoms with Crippen LogP contribution in [0.5, 0.6) is 0 Å². The Labute approximate surface area is 123 Å². The van der Waals surface area contributed by atoms with E-state index in [1.165, 1.54) is 18.3 Å². The van der Waals surface area contributed by atoms with Crippen molar-refractivity contribution in [3.63, 3.8) is 0 Å². The van der Waals surface area contributed by atoms with Crippen molar-refractivity contribution in [2.75, 3.05) is 13.6 Å². The zero-order chi connectivity index (χ0) is 13.5. The topological polar surface area (TPSA) is 70.2 Å². The second-order valence-corrected chi connectivity index (χ2v) is 5.24. The van der Waals surface area contributed by atoms with E-state index in [1.807, 2.05) is 20.0 Å². The molecule has 1 atom stereocenters. The number of hydrogen-bond acceptors (Lipinski definition) is 4. The highest BCUT2D eigenvalue weighted by Crippen LogP contribution is 2.16. The van der Waals surface area contributed by atoms with Crippen LogP contribution in [0.4, 0.5) is 0 Å². The minimum absolute atomic E-state index is 0. The van der Waals surface area contributed by atoms with E-state index < -0.39 is 0 Å². The number of nitrogens with one attached hydrogen (secondary N) is 3. The van der Waals surface area contributed by atoms with Crippen molar-refractivity contribution in [3.8, 4) is 0 Å². The van der Waals surface area contributed by atoms with Crippen LogP contribution in [-0.4, -0.2) is 31.4 Å². The summed E-state index contributed by atoms with van der Waals surface area (Å²) in [5.74, 6) is -0.145. The summed E-state index contributed by atoms with van der Waals surface area (Å²) in [4.78, 5) is 24.2. The predicted molar refractivity (Wildman–Crippen MR) is 79.9 cm³/mol. The highest BCUT2D eigenvalue weighted by Gasteiger charge is 2.10. The van der Waals surface area contributed by atoms with Crippen LogP contribution < -0.4 is 16.0 Å². The Bertz CT molecular complexity index is 423. The lowest BCUT2D eigenvalue weighted by atomic mass is 10.3. The number of rotatable bonds is 6. The van der Waals surface area contributed by atoms with E-state index >= 15 is 0 Å². The molecule has 0 aliphatic heterocycles. The van der Waals surface area contributed by atoms with Gasteiger partial charge in [0.15, 0.2) is 0 Å². The highest BCUT2D eigenvalue weighted by atomic mass is 35.5. The Morgan fingerprint density at radius 2 is 2.00 bits per heavy atom. The van der Waals surface area contributed by atoms with E-state index in [0.717, 1.165) is 4.88 Å². The molecule has 1 heterocycles. The molecule has 3 N–H and O–H groups in total. The van der Waals surface area contributed by atoms with Crippen LogP contribution >= 0.6 is 23.7 Å². The largest absolute Gasteiger partial charge is 0.351 e. The molecule has 0 saturated carbocycles. The lowest BCUT2D eigenvalue weighted by Gasteiger charge is -2.10. The van der Waals surface area contributed by atoms with Gasteiger partial charge in [-0.3, -0.25) is 9.59 Å². The lowest BCUT2D eigenvalue weighted by Crippen LogP contribution is -2.36. The van der Waals surface area contributed by atoms with Gasteiger partial charge >= 0.3 is 0 Å². The summed E-state index contributed by atoms with van der Waals surface area (Å²) in [6.45, 7) is 4.53. The maximum atomic E-state index is 11.8. The van der Waals surface area contributed by atoms with Gasteiger partial charge in [0.2, 0.25) is 5.91 Å². The van der Waals surface area contributed by atoms with Gasteiger partial charge in [-0.25, -0.2) is 0 Å². The van der Waals surface area contributed by atoms with E-state index in [-0.39, 0.29) is 30.3 Å². The summed E-state index contributed by atoms with van der Waals surface area (Å²) < 4.78 is 0. The van der Waals surface area contributed by atoms with Crippen LogP contribution in [-0.2, 0) is 11.3 Å². The van der Waals surface area contributed by atoms with Crippen molar-refractivity contribution >= 4 is 35.6 Å². The zero-order valence-electron chi connectivity index (χ0n) is 11.3. The third-order valence-corrected chi connectivity index (χ3v) is 3.54. The first-order valence-corrected chi connectivity index (χ1v) is 6.63. The Hall–Kier alpha value is -1.11. The second-order valence-electron chi connectivity index (χ2n) is 4.08. The molecule has 0 fully saturated rings. The van der Waals surface area contributed by atoms with Crippen molar-refractivity contribution < 1.29 is 9.59 Å². The molecule has 1 aromatic heterocycles. The first-order valence-electron chi connectivity index (χ1n) is 5.81. The number of likely N-dealkylation sites (N-methyl/N-ethyl adjacent to an activating group) is 1. The Morgan fingerprint density at radius 1 is 1.32 bits per heavy atom. The van der Waals surface area contributed by atoms with Crippen LogP contribution in [0, 0.1) is 0 Å². The maximum absolute atomic E-state index is 11.8. The number of carbonyl (C=O) groups excluding carboxylic acids is 2. The molecule has 1 unspecified atom stereocenters. The quantitative estimate of drug-likeness (QED) is 0.738. The molecule has 1 aromatic rings. The molecule has 0 aromatic carbocycles. The molecule has 108 valence electrons. The SMILES string of the molecule is CNC(C)CNC(=O)c1ccc(CNC(C)=O)s1.Cl. The summed E-state index contributed by atoms with van der Waals surface area (Å²) in [5.41, 5.74) is 0. The number of thiophene rings is 1. The van der Waals surface area contributed by atoms with Crippen molar-refractivity contribution in [2.45, 2.75) is 26.4 Å². The van der Waals surface area contributed by atoms with Gasteiger partial charge in [0.1, 0.15) is 0 Å². The van der Waals surface area contributed by atoms with Crippen LogP contribution in [0.1, 0.15) is 28.4 Å². The number of amides is 2. The van der Waals surface area contributed by atoms with E-state index in [1.54, 1.807) is 6.07 Å². The number of halogens is 1. The fourth-order valence-electron chi connectivity index (χ4n) is 1.24. The minimum atomic E-state index is -0.0730. The normalized spacial score (nSPS) is 11.3. The maximum Gasteiger partial charge on any atom is 0.261 e. The van der Waals surface area contributed by atoms with Gasteiger partial charge in [-0.05, 0) is 26.1 Å². The molecular weight excluding hydrogens is 286 g/mol. The Kier molecular flexibility index (Phi) is 8.38. The molecule has 7 heteroatoms. The molecule has 0 aliphatic rings. The van der Waals surface area contributed by atoms with Gasteiger partial charge < -0.3 is 16.0 Å². The Balaban J connectivity index is 0.00000324. The van der Waals surface area contributed by atoms with Crippen molar-refractivity contribution in [1.29, 1.82) is 0 Å². The van der Waals surface area contributed by atoms with Crippen molar-refractivity contribution in [3.05, 3.63) is 21.9 Å². The molecule has 0 spiro atoms. The summed E-state index contributed by atoms with van der Waals surface area (Å²) in [5, 5.41) is 8.60. The van der Waals surface area contributed by atoms with E-state index in [4.69, 9.17) is 0 Å². The summed E-state index contributed by atoms with van der Waals surface area (Å²) >= 11 is 1.40. The van der Waals surface area contributed by atoms with Gasteiger partial charge in [-0.1, -0.05) is 0 Å². The van der Waals surface area contributed by atoms with Crippen LogP contribution in [0.3, 0.4) is 0 Å². The zero-order valence-corrected chi connectivity index (χ0v) is 12.9. The molecule has 0 bridgehead atoms. The highest BCUT2D eigenvalue weighted by molar-refractivity contribution is 7.14. The van der Waals surface area contributed by atoms with Gasteiger partial charge in [0.25, 0.3) is 5.91 Å². The Morgan fingerprint density at radius 3 is 2.58 bits per heavy atom. The van der Waals surface area contributed by atoms with Crippen LogP contribution in [0.2, 0.25) is 0 Å². The number of hydrogen-bond donors (Lipinski definition) is 3. The van der Waals surface area contributed by atoms with Gasteiger partial charge in [-0.2, -0.15) is 0 Å². The van der Waals surface area contributed by atoms with Gasteiger partial charge in [0, 0.05) is 24.4 Å². The van der Waals surface area contributed by atoms with Crippen molar-refractivity contribution in [2.24, 2.45) is 0 Å². The fraction of sp³-hybridized carbons (Fsp3) is 0.500. The monoisotopic (exact) mass is 305 g/mol. The molecular formula is C12H20ClN3O2S. The second kappa shape index (κ2) is 8.90. The molecule has 0 saturated heterocycles. The smallest absolute Gasteiger partial charge is 0.261 e. The van der Waals surface area contributed by atoms with Gasteiger partial charge in [0.05, 0.1) is 11.4 Å². The standard InChI is InChI=1S/C12H19N3O2S.ClH/c1-8(13-3)6-15-12(17)11-5-4-10(18-11)7-14-9(2)16;/h4-5,8,13H,6-7H2,1-3H3,(H,14,16)(H,15,17);1H. The lowest BCUT2D eigenvalue weighted by molar-refractivity contribution is -0.119. The molecule has 1 rings (SSSR count). The molecule has 0 radical (unpaired) electrons. The molecule has 0 aliphatic carbocycles. The third kappa shape index (κ3) is 6.56. The first-order chi connectivity index (χ1) is 8.52. The fourth-order valence-corrected chi connectivity index (χ4v) is 2.11. The average Bonchev–Trinajstić information content (AvgIpc) is 2.81. The minimum Gasteiger partial charge on any atom is -0.351 e. The average molecular weight is 306 g/mol. The summed E-state index contributed by atoms with van der Waals surface area (Å²) in [7, 11) is 1.85. The summed E-state index contributed by atoms with van der Waals surface area (Å²) in [6.07, 6.45) is 0. The van der Waals surface area contributed by atoms with E-state index in [9.17, 15) is 9.59 Å². The summed E-state index contributed by atoms with van der Waals surface area (Å²) in [6, 6.07) is 3.88. The van der Waals surface area contributed by atoms with E-state index in [2.05, 4.69) is 16.0 Å². The van der Waals surface area contributed by atoms with Crippen LogP contribution in [0.25, 0.3) is 0 Å². The number of carbonyl (C=O) groups is 2. The van der Waals surface area contributed by atoms with Gasteiger partial charge in [-0.15, -0.1) is 23.7 Å². The molecule has 2 amide bonds. The molecule has 19 heavy (non-hydrogen) atoms. The third-order valence-electron chi connectivity index (χ3n) is 2.46. The van der Waals surface area contributed by atoms with Crippen LogP contribution in [0.15, 0.2) is 12.1 Å². The van der Waals surface area contributed by atoms with E-state index in [0.29, 0.717) is 18.0 Å². The van der Waals surface area contributed by atoms with Crippen molar-refractivity contribution in [1.82, 2.24) is 16.0 Å². The first kappa shape index (κ1) is 17.9. The predicted octanol–water partition coefficient (Wildman–Crippen LogP) is 1.14. The molecule has 5 nitrogen and oxygen atoms in total.